The van der Waals surface area contributed by atoms with E-state index in [9.17, 15) is 14.0 Å². The minimum atomic E-state index is -2.47. The van der Waals surface area contributed by atoms with Gasteiger partial charge in [0.05, 0.1) is 35.7 Å². The summed E-state index contributed by atoms with van der Waals surface area (Å²) in [6.07, 6.45) is 6.26. The number of benzene rings is 1. The van der Waals surface area contributed by atoms with E-state index in [2.05, 4.69) is 56.0 Å². The number of anilines is 2. The average molecular weight is 730 g/mol. The third-order valence-electron chi connectivity index (χ3n) is 12.1. The van der Waals surface area contributed by atoms with E-state index < -0.39 is 5.92 Å². The highest BCUT2D eigenvalue weighted by Gasteiger charge is 2.50. The highest BCUT2D eigenvalue weighted by molar-refractivity contribution is 5.64. The number of aryl methyl sites for hydroxylation is 2. The maximum absolute atomic E-state index is 13.0. The number of fused-ring (bicyclic) bond motifs is 2. The van der Waals surface area contributed by atoms with E-state index in [1.165, 1.54) is 22.4 Å². The number of hydrogen-bond donors (Lipinski definition) is 1. The Kier molecular flexibility index (Phi) is 12.2. The predicted molar refractivity (Wildman–Crippen MR) is 211 cm³/mol. The first kappa shape index (κ1) is 40.2. The van der Waals surface area contributed by atoms with Gasteiger partial charge >= 0.3 is 0 Å². The molecule has 3 atom stereocenters. The fourth-order valence-corrected chi connectivity index (χ4v) is 8.53. The van der Waals surface area contributed by atoms with Crippen LogP contribution in [0.3, 0.4) is 0 Å². The molecule has 2 aromatic heterocycles. The molecule has 1 aromatic carbocycles. The molecule has 1 saturated heterocycles. The van der Waals surface area contributed by atoms with Gasteiger partial charge in [0.25, 0.3) is 5.92 Å². The van der Waals surface area contributed by atoms with Crippen LogP contribution in [-0.2, 0) is 32.4 Å². The van der Waals surface area contributed by atoms with Gasteiger partial charge in [0.1, 0.15) is 23.4 Å². The third-order valence-corrected chi connectivity index (χ3v) is 12.1. The van der Waals surface area contributed by atoms with Crippen molar-refractivity contribution in [3.63, 3.8) is 0 Å². The van der Waals surface area contributed by atoms with Crippen LogP contribution in [0, 0.1) is 18.3 Å². The normalized spacial score (nSPS) is 21.5. The van der Waals surface area contributed by atoms with Crippen LogP contribution in [0.15, 0.2) is 18.7 Å². The predicted octanol–water partition coefficient (Wildman–Crippen LogP) is 8.24. The molecule has 1 fully saturated rings. The van der Waals surface area contributed by atoms with Crippen molar-refractivity contribution >= 4 is 17.2 Å². The molecule has 6 rings (SSSR count). The zero-order valence-electron chi connectivity index (χ0n) is 33.6. The van der Waals surface area contributed by atoms with E-state index in [1.54, 1.807) is 0 Å². The van der Waals surface area contributed by atoms with Gasteiger partial charge in [-0.3, -0.25) is 9.58 Å². The van der Waals surface area contributed by atoms with Gasteiger partial charge in [0.15, 0.2) is 0 Å². The Labute approximate surface area is 316 Å². The second kappa shape index (κ2) is 16.1. The highest BCUT2D eigenvalue weighted by Crippen LogP contribution is 2.43. The Bertz CT molecular complexity index is 1840. The summed E-state index contributed by atoms with van der Waals surface area (Å²) in [4.78, 5) is 16.6. The summed E-state index contributed by atoms with van der Waals surface area (Å²) in [6.45, 7) is 22.1. The Morgan fingerprint density at radius 3 is 2.51 bits per heavy atom. The van der Waals surface area contributed by atoms with Crippen LogP contribution in [0.2, 0.25) is 0 Å². The number of alkyl halides is 2. The lowest BCUT2D eigenvalue weighted by Gasteiger charge is -2.32. The van der Waals surface area contributed by atoms with Crippen molar-refractivity contribution in [1.29, 1.82) is 5.26 Å². The van der Waals surface area contributed by atoms with Gasteiger partial charge in [0.2, 0.25) is 0 Å². The van der Waals surface area contributed by atoms with E-state index >= 15 is 0 Å². The summed E-state index contributed by atoms with van der Waals surface area (Å²) >= 11 is 0. The van der Waals surface area contributed by atoms with Gasteiger partial charge in [-0.2, -0.15) is 10.4 Å². The Balaban J connectivity index is 0.000000384. The molecule has 288 valence electrons. The molecule has 0 spiro atoms. The van der Waals surface area contributed by atoms with Gasteiger partial charge in [-0.25, -0.2) is 18.7 Å². The molecule has 11 heteroatoms. The van der Waals surface area contributed by atoms with Gasteiger partial charge in [-0.15, -0.1) is 0 Å². The van der Waals surface area contributed by atoms with Gasteiger partial charge in [-0.1, -0.05) is 47.3 Å². The molecule has 2 N–H and O–H groups in total. The monoisotopic (exact) mass is 730 g/mol. The summed E-state index contributed by atoms with van der Waals surface area (Å²) in [7, 11) is 4.03. The fourth-order valence-electron chi connectivity index (χ4n) is 8.53. The molecule has 3 aromatic rings. The molecule has 0 amide bonds. The minimum Gasteiger partial charge on any atom is -0.398 e. The number of halogens is 2. The highest BCUT2D eigenvalue weighted by atomic mass is 19.3. The molecule has 53 heavy (non-hydrogen) atoms. The quantitative estimate of drug-likeness (QED) is 0.220. The smallest absolute Gasteiger partial charge is 0.262 e. The summed E-state index contributed by atoms with van der Waals surface area (Å²) in [5.74, 6) is 0.0589. The van der Waals surface area contributed by atoms with Crippen LogP contribution < -0.4 is 10.6 Å². The molecule has 4 heterocycles. The topological polar surface area (TPSA) is 103 Å². The molecular formula is C42H61F2N9. The number of likely N-dealkylation sites (tertiary alicyclic amines) is 1. The van der Waals surface area contributed by atoms with Crippen LogP contribution >= 0.6 is 0 Å². The van der Waals surface area contributed by atoms with Crippen molar-refractivity contribution in [3.8, 4) is 6.07 Å². The maximum atomic E-state index is 13.0. The zero-order valence-corrected chi connectivity index (χ0v) is 33.6. The van der Waals surface area contributed by atoms with Crippen molar-refractivity contribution in [2.45, 2.75) is 136 Å². The molecule has 0 radical (unpaired) electrons. The Hall–Kier alpha value is -4.04. The van der Waals surface area contributed by atoms with Crippen LogP contribution in [0.25, 0.3) is 5.70 Å². The Morgan fingerprint density at radius 1 is 1.17 bits per heavy atom. The number of rotatable bonds is 9. The van der Waals surface area contributed by atoms with E-state index in [4.69, 9.17) is 20.8 Å². The number of aromatic nitrogens is 4. The molecular weight excluding hydrogens is 669 g/mol. The van der Waals surface area contributed by atoms with E-state index in [0.29, 0.717) is 17.2 Å². The number of nitrogen functional groups attached to an aromatic ring is 1. The van der Waals surface area contributed by atoms with Crippen LogP contribution in [-0.4, -0.2) is 74.7 Å². The van der Waals surface area contributed by atoms with Crippen molar-refractivity contribution in [1.82, 2.24) is 29.5 Å². The van der Waals surface area contributed by atoms with Gasteiger partial charge in [0, 0.05) is 62.4 Å². The molecule has 2 aliphatic heterocycles. The zero-order chi connectivity index (χ0) is 38.8. The number of nitrogens with two attached hydrogens (primary N) is 1. The standard InChI is InChI=1S/C33H44N8.C9H17F2N/c1-8-20(3)24-13-14-27(35)26(18-34)31(24)23-11-12-25-28(17-23)36-30(9-2)37-33(25)40-15-10-16-41-29(19-40)21(4)32(38-41)22(5)39(6)7;1-4-8(3)6-9(10,11)7-12(8)5-2/h13-14,20,23H,5,8-12,15-17,19,35H2,1-4,6-7H3;4-7H2,1-3H3. The lowest BCUT2D eigenvalue weighted by atomic mass is 9.76. The second-order valence-electron chi connectivity index (χ2n) is 15.8. The van der Waals surface area contributed by atoms with Crippen LogP contribution in [0.4, 0.5) is 20.3 Å². The first-order valence-electron chi connectivity index (χ1n) is 19.6. The van der Waals surface area contributed by atoms with Crippen LogP contribution in [0.5, 0.6) is 0 Å². The SMILES string of the molecule is C=C(c1nn2c(c1C)CN(c1nc(CC)nc3c1CCC(c1c(C(C)CC)ccc(N)c1C#N)C3)CCC2)N(C)C.CCN1CC(F)(F)CC1(C)CC. The molecule has 0 saturated carbocycles. The number of nitriles is 1. The molecule has 0 bridgehead atoms. The van der Waals surface area contributed by atoms with E-state index in [0.717, 1.165) is 105 Å². The van der Waals surface area contributed by atoms with E-state index in [1.807, 2.05) is 50.7 Å². The first-order valence-corrected chi connectivity index (χ1v) is 19.6. The average Bonchev–Trinajstić information content (AvgIpc) is 3.47. The summed E-state index contributed by atoms with van der Waals surface area (Å²) < 4.78 is 28.2. The van der Waals surface area contributed by atoms with E-state index in [-0.39, 0.29) is 24.4 Å². The molecule has 3 unspecified atom stereocenters. The summed E-state index contributed by atoms with van der Waals surface area (Å²) in [5, 5.41) is 15.1. The first-order chi connectivity index (χ1) is 25.1. The van der Waals surface area contributed by atoms with Gasteiger partial charge < -0.3 is 15.5 Å². The summed E-state index contributed by atoms with van der Waals surface area (Å²) in [5.41, 5.74) is 16.4. The molecule has 9 nitrogen and oxygen atoms in total. The largest absolute Gasteiger partial charge is 0.398 e. The lowest BCUT2D eigenvalue weighted by Crippen LogP contribution is -2.40. The Morgan fingerprint density at radius 2 is 1.91 bits per heavy atom. The number of hydrogen-bond acceptors (Lipinski definition) is 8. The molecule has 1 aliphatic carbocycles. The van der Waals surface area contributed by atoms with Gasteiger partial charge in [-0.05, 0) is 87.9 Å². The molecule has 3 aliphatic rings. The lowest BCUT2D eigenvalue weighted by molar-refractivity contribution is 0.0117. The maximum Gasteiger partial charge on any atom is 0.262 e. The van der Waals surface area contributed by atoms with Crippen molar-refractivity contribution in [2.75, 3.05) is 44.4 Å². The van der Waals surface area contributed by atoms with Crippen molar-refractivity contribution < 1.29 is 8.78 Å². The third kappa shape index (κ3) is 8.08. The minimum absolute atomic E-state index is 0.0182. The fraction of sp³-hybridized carbons (Fsp3) is 0.619. The van der Waals surface area contributed by atoms with Crippen molar-refractivity contribution in [2.24, 2.45) is 0 Å². The van der Waals surface area contributed by atoms with Crippen LogP contribution in [0.1, 0.15) is 136 Å². The van der Waals surface area contributed by atoms with Crippen molar-refractivity contribution in [3.05, 3.63) is 69.4 Å². The summed E-state index contributed by atoms with van der Waals surface area (Å²) in [6, 6.07) is 6.49. The number of nitrogens with zero attached hydrogens (tertiary/aromatic N) is 8. The second-order valence-corrected chi connectivity index (χ2v) is 15.8.